The molecule has 0 spiro atoms. The number of thiazole rings is 1. The summed E-state index contributed by atoms with van der Waals surface area (Å²) in [5.74, 6) is -0.0131. The van der Waals surface area contributed by atoms with Crippen LogP contribution >= 0.6 is 11.3 Å². The van der Waals surface area contributed by atoms with Gasteiger partial charge in [0.05, 0.1) is 11.8 Å². The van der Waals surface area contributed by atoms with Crippen LogP contribution in [0.1, 0.15) is 27.6 Å². The summed E-state index contributed by atoms with van der Waals surface area (Å²) < 4.78 is 28.1. The molecule has 0 unspecified atom stereocenters. The van der Waals surface area contributed by atoms with Crippen molar-refractivity contribution in [2.24, 2.45) is 0 Å². The van der Waals surface area contributed by atoms with E-state index in [-0.39, 0.29) is 11.8 Å². The number of nitrogens with zero attached hydrogens (tertiary/aromatic N) is 2. The van der Waals surface area contributed by atoms with Crippen LogP contribution in [0.2, 0.25) is 0 Å². The van der Waals surface area contributed by atoms with Crippen molar-refractivity contribution in [1.82, 2.24) is 9.29 Å². The van der Waals surface area contributed by atoms with Crippen molar-refractivity contribution >= 4 is 26.5 Å². The summed E-state index contributed by atoms with van der Waals surface area (Å²) in [5, 5.41) is 0.448. The highest BCUT2D eigenvalue weighted by molar-refractivity contribution is 7.88. The molecule has 2 heterocycles. The van der Waals surface area contributed by atoms with Crippen molar-refractivity contribution in [3.8, 4) is 0 Å². The Balaban J connectivity index is 1.77. The summed E-state index contributed by atoms with van der Waals surface area (Å²) in [5.41, 5.74) is 8.80. The first-order valence-electron chi connectivity index (χ1n) is 8.37. The fraction of sp³-hybridized carbons (Fsp3) is 0.211. The highest BCUT2D eigenvalue weighted by Gasteiger charge is 2.37. The van der Waals surface area contributed by atoms with Crippen molar-refractivity contribution in [1.29, 1.82) is 0 Å². The number of nitrogen functional groups attached to an aromatic ring is 1. The zero-order chi connectivity index (χ0) is 18.1. The monoisotopic (exact) mass is 385 g/mol. The maximum atomic E-state index is 13.2. The van der Waals surface area contributed by atoms with Gasteiger partial charge in [-0.05, 0) is 23.1 Å². The van der Waals surface area contributed by atoms with Gasteiger partial charge in [0.1, 0.15) is 0 Å². The minimum atomic E-state index is -3.50. The van der Waals surface area contributed by atoms with Crippen molar-refractivity contribution in [3.63, 3.8) is 0 Å². The summed E-state index contributed by atoms with van der Waals surface area (Å²) in [6, 6.07) is 16.9. The van der Waals surface area contributed by atoms with E-state index in [2.05, 4.69) is 11.1 Å². The second-order valence-corrected chi connectivity index (χ2v) is 9.32. The number of sulfonamides is 1. The molecule has 3 aromatic rings. The third kappa shape index (κ3) is 3.25. The molecule has 1 aliphatic heterocycles. The van der Waals surface area contributed by atoms with Gasteiger partial charge in [-0.25, -0.2) is 13.4 Å². The largest absolute Gasteiger partial charge is 0.375 e. The van der Waals surface area contributed by atoms with Crippen LogP contribution in [0.5, 0.6) is 0 Å². The molecule has 0 saturated heterocycles. The van der Waals surface area contributed by atoms with Crippen LogP contribution in [-0.4, -0.2) is 24.3 Å². The predicted molar refractivity (Wildman–Crippen MR) is 104 cm³/mol. The smallest absolute Gasteiger partial charge is 0.219 e. The van der Waals surface area contributed by atoms with E-state index in [1.54, 1.807) is 10.5 Å². The number of nitrogens with two attached hydrogens (primary N) is 1. The van der Waals surface area contributed by atoms with Crippen LogP contribution < -0.4 is 5.73 Å². The van der Waals surface area contributed by atoms with Gasteiger partial charge in [-0.15, -0.1) is 11.3 Å². The van der Waals surface area contributed by atoms with Crippen molar-refractivity contribution in [2.75, 3.05) is 12.3 Å². The minimum Gasteiger partial charge on any atom is -0.375 e. The van der Waals surface area contributed by atoms with Gasteiger partial charge in [0, 0.05) is 17.6 Å². The van der Waals surface area contributed by atoms with E-state index in [4.69, 9.17) is 5.73 Å². The summed E-state index contributed by atoms with van der Waals surface area (Å²) in [7, 11) is -3.50. The van der Waals surface area contributed by atoms with E-state index < -0.39 is 10.0 Å². The first-order valence-corrected chi connectivity index (χ1v) is 10.8. The predicted octanol–water partition coefficient (Wildman–Crippen LogP) is 3.20. The number of anilines is 1. The van der Waals surface area contributed by atoms with E-state index in [0.717, 1.165) is 16.0 Å². The molecule has 1 atom stereocenters. The van der Waals surface area contributed by atoms with Gasteiger partial charge in [-0.1, -0.05) is 54.6 Å². The Bertz CT molecular complexity index is 1020. The molecule has 0 amide bonds. The summed E-state index contributed by atoms with van der Waals surface area (Å²) in [4.78, 5) is 4.99. The maximum absolute atomic E-state index is 13.2. The SMILES string of the molecule is Nc1ncc([C@@H]2c3ccccc3CCN2S(=O)(=O)Cc2ccccc2)s1. The molecule has 0 bridgehead atoms. The van der Waals surface area contributed by atoms with Crippen LogP contribution in [-0.2, 0) is 22.2 Å². The van der Waals surface area contributed by atoms with E-state index in [1.165, 1.54) is 16.9 Å². The van der Waals surface area contributed by atoms with Crippen molar-refractivity contribution in [3.05, 3.63) is 82.4 Å². The Labute approximate surface area is 157 Å². The molecule has 1 aromatic heterocycles. The molecular weight excluding hydrogens is 366 g/mol. The Kier molecular flexibility index (Phi) is 4.52. The highest BCUT2D eigenvalue weighted by atomic mass is 32.2. The Hall–Kier alpha value is -2.22. The fourth-order valence-corrected chi connectivity index (χ4v) is 6.02. The summed E-state index contributed by atoms with van der Waals surface area (Å²) in [6.45, 7) is 0.453. The number of fused-ring (bicyclic) bond motifs is 1. The van der Waals surface area contributed by atoms with Gasteiger partial charge in [-0.2, -0.15) is 4.31 Å². The first-order chi connectivity index (χ1) is 12.5. The van der Waals surface area contributed by atoms with E-state index in [1.807, 2.05) is 48.5 Å². The van der Waals surface area contributed by atoms with Crippen LogP contribution in [0.3, 0.4) is 0 Å². The van der Waals surface area contributed by atoms with Gasteiger partial charge < -0.3 is 5.73 Å². The zero-order valence-electron chi connectivity index (χ0n) is 14.1. The number of benzene rings is 2. The standard InChI is InChI=1S/C19H19N3O2S2/c20-19-21-12-17(25-19)18-16-9-5-4-8-15(16)10-11-22(18)26(23,24)13-14-6-2-1-3-7-14/h1-9,12,18H,10-11,13H2,(H2,20,21)/t18-/m0/s1. The molecule has 26 heavy (non-hydrogen) atoms. The van der Waals surface area contributed by atoms with Crippen molar-refractivity contribution in [2.45, 2.75) is 18.2 Å². The molecule has 2 aromatic carbocycles. The third-order valence-electron chi connectivity index (χ3n) is 4.60. The molecule has 5 nitrogen and oxygen atoms in total. The van der Waals surface area contributed by atoms with Gasteiger partial charge in [0.2, 0.25) is 10.0 Å². The number of aromatic nitrogens is 1. The maximum Gasteiger partial charge on any atom is 0.219 e. The molecule has 0 radical (unpaired) electrons. The van der Waals surface area contributed by atoms with Crippen LogP contribution in [0.25, 0.3) is 0 Å². The fourth-order valence-electron chi connectivity index (χ4n) is 3.43. The zero-order valence-corrected chi connectivity index (χ0v) is 15.7. The van der Waals surface area contributed by atoms with E-state index in [9.17, 15) is 8.42 Å². The Morgan fingerprint density at radius 3 is 2.58 bits per heavy atom. The van der Waals surface area contributed by atoms with Gasteiger partial charge in [0.15, 0.2) is 5.13 Å². The van der Waals surface area contributed by atoms with Crippen molar-refractivity contribution < 1.29 is 8.42 Å². The van der Waals surface area contributed by atoms with Crippen LogP contribution in [0.15, 0.2) is 60.8 Å². The molecule has 7 heteroatoms. The lowest BCUT2D eigenvalue weighted by Crippen LogP contribution is -2.40. The topological polar surface area (TPSA) is 76.3 Å². The third-order valence-corrected chi connectivity index (χ3v) is 7.28. The first kappa shape index (κ1) is 17.2. The van der Waals surface area contributed by atoms with Gasteiger partial charge >= 0.3 is 0 Å². The van der Waals surface area contributed by atoms with Gasteiger partial charge in [0.25, 0.3) is 0 Å². The number of hydrogen-bond donors (Lipinski definition) is 1. The summed E-state index contributed by atoms with van der Waals surface area (Å²) in [6.07, 6.45) is 2.40. The molecule has 134 valence electrons. The molecule has 4 rings (SSSR count). The molecule has 0 fully saturated rings. The Morgan fingerprint density at radius 1 is 1.12 bits per heavy atom. The second kappa shape index (κ2) is 6.83. The highest BCUT2D eigenvalue weighted by Crippen LogP contribution is 2.40. The lowest BCUT2D eigenvalue weighted by atomic mass is 9.94. The average molecular weight is 386 g/mol. The van der Waals surface area contributed by atoms with Crippen LogP contribution in [0, 0.1) is 0 Å². The summed E-state index contributed by atoms with van der Waals surface area (Å²) >= 11 is 1.34. The lowest BCUT2D eigenvalue weighted by Gasteiger charge is -2.35. The molecular formula is C19H19N3O2S2. The lowest BCUT2D eigenvalue weighted by molar-refractivity contribution is 0.347. The molecule has 0 aliphatic carbocycles. The second-order valence-electron chi connectivity index (χ2n) is 6.30. The Morgan fingerprint density at radius 2 is 1.85 bits per heavy atom. The quantitative estimate of drug-likeness (QED) is 0.748. The van der Waals surface area contributed by atoms with Crippen LogP contribution in [0.4, 0.5) is 5.13 Å². The van der Waals surface area contributed by atoms with E-state index >= 15 is 0 Å². The minimum absolute atomic E-state index is 0.0131. The molecule has 1 aliphatic rings. The number of rotatable bonds is 4. The average Bonchev–Trinajstić information content (AvgIpc) is 3.07. The molecule has 2 N–H and O–H groups in total. The van der Waals surface area contributed by atoms with Gasteiger partial charge in [-0.3, -0.25) is 0 Å². The molecule has 0 saturated carbocycles. The normalized spacial score (nSPS) is 17.8. The number of hydrogen-bond acceptors (Lipinski definition) is 5. The van der Waals surface area contributed by atoms with E-state index in [0.29, 0.717) is 18.1 Å².